The van der Waals surface area contributed by atoms with Crippen LogP contribution in [-0.4, -0.2) is 74.7 Å². The van der Waals surface area contributed by atoms with Crippen molar-refractivity contribution in [2.24, 2.45) is 5.92 Å². The molecule has 2 aliphatic heterocycles. The third-order valence-electron chi connectivity index (χ3n) is 6.37. The lowest BCUT2D eigenvalue weighted by molar-refractivity contribution is -0.124. The first-order valence-electron chi connectivity index (χ1n) is 11.5. The number of nitrogens with zero attached hydrogens (tertiary/aromatic N) is 4. The predicted molar refractivity (Wildman–Crippen MR) is 133 cm³/mol. The van der Waals surface area contributed by atoms with Crippen LogP contribution in [0.3, 0.4) is 0 Å². The minimum absolute atomic E-state index is 0.0216. The van der Waals surface area contributed by atoms with E-state index in [-0.39, 0.29) is 18.2 Å². The van der Waals surface area contributed by atoms with Gasteiger partial charge in [0.2, 0.25) is 11.8 Å². The van der Waals surface area contributed by atoms with E-state index in [4.69, 9.17) is 14.5 Å². The summed E-state index contributed by atoms with van der Waals surface area (Å²) in [6.07, 6.45) is 0.209. The molecule has 2 fully saturated rings. The Bertz CT molecular complexity index is 1160. The van der Waals surface area contributed by atoms with E-state index in [0.29, 0.717) is 31.4 Å². The fourth-order valence-electron chi connectivity index (χ4n) is 4.45. The van der Waals surface area contributed by atoms with Gasteiger partial charge >= 0.3 is 0 Å². The number of carbonyl (C=O) groups is 2. The Balaban J connectivity index is 1.39. The molecule has 0 aliphatic carbocycles. The number of ether oxygens (including phenoxy) is 2. The summed E-state index contributed by atoms with van der Waals surface area (Å²) in [6, 6.07) is 15.3. The zero-order chi connectivity index (χ0) is 23.5. The van der Waals surface area contributed by atoms with Crippen LogP contribution in [0.1, 0.15) is 6.42 Å². The second kappa shape index (κ2) is 10.1. The maximum atomic E-state index is 13.8. The van der Waals surface area contributed by atoms with Gasteiger partial charge in [0.05, 0.1) is 36.5 Å². The number of aromatic nitrogens is 1. The monoisotopic (exact) mass is 480 g/mol. The van der Waals surface area contributed by atoms with Crippen LogP contribution in [0.5, 0.6) is 5.75 Å². The first kappa shape index (κ1) is 22.8. The highest BCUT2D eigenvalue weighted by Gasteiger charge is 2.38. The van der Waals surface area contributed by atoms with E-state index < -0.39 is 5.92 Å². The van der Waals surface area contributed by atoms with Crippen molar-refractivity contribution in [3.8, 4) is 5.75 Å². The number of hydrogen-bond donors (Lipinski definition) is 0. The second-order valence-electron chi connectivity index (χ2n) is 8.51. The lowest BCUT2D eigenvalue weighted by Gasteiger charge is -2.30. The van der Waals surface area contributed by atoms with Gasteiger partial charge in [-0.1, -0.05) is 29.5 Å². The minimum atomic E-state index is -0.404. The van der Waals surface area contributed by atoms with Gasteiger partial charge in [0.15, 0.2) is 5.13 Å². The summed E-state index contributed by atoms with van der Waals surface area (Å²) in [4.78, 5) is 37.1. The highest BCUT2D eigenvalue weighted by atomic mass is 32.1. The molecule has 2 amide bonds. The SMILES string of the molecule is COc1ccc2nc(N(CCN3CCOCC3)C(=O)C3CC(=O)N(c4ccccc4)C3)sc2c1. The Morgan fingerprint density at radius 1 is 1.21 bits per heavy atom. The van der Waals surface area contributed by atoms with Gasteiger partial charge in [0.25, 0.3) is 0 Å². The zero-order valence-corrected chi connectivity index (χ0v) is 20.0. The van der Waals surface area contributed by atoms with Crippen molar-refractivity contribution in [2.45, 2.75) is 6.42 Å². The molecule has 0 spiro atoms. The topological polar surface area (TPSA) is 75.2 Å². The second-order valence-corrected chi connectivity index (χ2v) is 9.52. The lowest BCUT2D eigenvalue weighted by Crippen LogP contribution is -2.45. The van der Waals surface area contributed by atoms with E-state index in [1.165, 1.54) is 11.3 Å². The van der Waals surface area contributed by atoms with Gasteiger partial charge < -0.3 is 14.4 Å². The van der Waals surface area contributed by atoms with Crippen molar-refractivity contribution in [1.82, 2.24) is 9.88 Å². The number of amides is 2. The molecule has 1 atom stereocenters. The maximum Gasteiger partial charge on any atom is 0.234 e. The summed E-state index contributed by atoms with van der Waals surface area (Å²) in [5.41, 5.74) is 1.66. The molecule has 2 aliphatic rings. The molecule has 178 valence electrons. The van der Waals surface area contributed by atoms with Crippen LogP contribution >= 0.6 is 11.3 Å². The molecule has 8 nitrogen and oxygen atoms in total. The van der Waals surface area contributed by atoms with Crippen molar-refractivity contribution < 1.29 is 19.1 Å². The van der Waals surface area contributed by atoms with Crippen LogP contribution in [0.15, 0.2) is 48.5 Å². The average molecular weight is 481 g/mol. The van der Waals surface area contributed by atoms with E-state index in [0.717, 1.165) is 41.3 Å². The molecule has 0 N–H and O–H groups in total. The molecule has 2 aromatic carbocycles. The number of methoxy groups -OCH3 is 1. The van der Waals surface area contributed by atoms with E-state index in [1.807, 2.05) is 48.5 Å². The first-order valence-corrected chi connectivity index (χ1v) is 12.4. The number of fused-ring (bicyclic) bond motifs is 1. The number of hydrogen-bond acceptors (Lipinski definition) is 7. The molecule has 9 heteroatoms. The molecule has 1 aromatic heterocycles. The summed E-state index contributed by atoms with van der Waals surface area (Å²) in [5, 5.41) is 0.659. The molecule has 1 unspecified atom stereocenters. The molecule has 0 bridgehead atoms. The average Bonchev–Trinajstić information content (AvgIpc) is 3.48. The third kappa shape index (κ3) is 4.77. The van der Waals surface area contributed by atoms with Crippen LogP contribution in [0.25, 0.3) is 10.2 Å². The molecule has 3 heterocycles. The van der Waals surface area contributed by atoms with Crippen molar-refractivity contribution in [1.29, 1.82) is 0 Å². The Morgan fingerprint density at radius 3 is 2.76 bits per heavy atom. The smallest absolute Gasteiger partial charge is 0.234 e. The Kier molecular flexibility index (Phi) is 6.75. The Morgan fingerprint density at radius 2 is 2.00 bits per heavy atom. The molecule has 0 saturated carbocycles. The number of rotatable bonds is 7. The van der Waals surface area contributed by atoms with Crippen molar-refractivity contribution in [2.75, 3.05) is 62.8 Å². The number of thiazole rings is 1. The minimum Gasteiger partial charge on any atom is -0.497 e. The van der Waals surface area contributed by atoms with Gasteiger partial charge in [-0.25, -0.2) is 4.98 Å². The third-order valence-corrected chi connectivity index (χ3v) is 7.41. The van der Waals surface area contributed by atoms with Crippen LogP contribution in [-0.2, 0) is 14.3 Å². The highest BCUT2D eigenvalue weighted by Crippen LogP contribution is 2.34. The molecule has 5 rings (SSSR count). The van der Waals surface area contributed by atoms with Gasteiger partial charge in [-0.2, -0.15) is 0 Å². The van der Waals surface area contributed by atoms with Gasteiger partial charge in [-0.3, -0.25) is 19.4 Å². The summed E-state index contributed by atoms with van der Waals surface area (Å²) in [5.74, 6) is 0.283. The predicted octanol–water partition coefficient (Wildman–Crippen LogP) is 3.02. The standard InChI is InChI=1S/C25H28N4O4S/c1-32-20-7-8-21-22(16-20)34-25(26-21)28(10-9-27-11-13-33-14-12-27)24(31)18-15-23(30)29(17-18)19-5-3-2-4-6-19/h2-8,16,18H,9-15,17H2,1H3. The molecular formula is C25H28N4O4S. The van der Waals surface area contributed by atoms with E-state index in [2.05, 4.69) is 4.90 Å². The molecular weight excluding hydrogens is 452 g/mol. The van der Waals surface area contributed by atoms with Gasteiger partial charge in [-0.05, 0) is 30.3 Å². The quantitative estimate of drug-likeness (QED) is 0.518. The number of anilines is 2. The van der Waals surface area contributed by atoms with Crippen LogP contribution < -0.4 is 14.5 Å². The van der Waals surface area contributed by atoms with Crippen LogP contribution in [0.4, 0.5) is 10.8 Å². The largest absolute Gasteiger partial charge is 0.497 e. The fraction of sp³-hybridized carbons (Fsp3) is 0.400. The molecule has 0 radical (unpaired) electrons. The number of benzene rings is 2. The van der Waals surface area contributed by atoms with Gasteiger partial charge in [0.1, 0.15) is 5.75 Å². The summed E-state index contributed by atoms with van der Waals surface area (Å²) in [7, 11) is 1.64. The van der Waals surface area contributed by atoms with Gasteiger partial charge in [-0.15, -0.1) is 0 Å². The fourth-order valence-corrected chi connectivity index (χ4v) is 5.48. The number of carbonyl (C=O) groups excluding carboxylic acids is 2. The summed E-state index contributed by atoms with van der Waals surface area (Å²) in [6.45, 7) is 4.75. The number of para-hydroxylation sites is 1. The Labute approximate surface area is 202 Å². The van der Waals surface area contributed by atoms with E-state index in [1.54, 1.807) is 16.9 Å². The first-order chi connectivity index (χ1) is 16.6. The van der Waals surface area contributed by atoms with Crippen LogP contribution in [0.2, 0.25) is 0 Å². The molecule has 2 saturated heterocycles. The van der Waals surface area contributed by atoms with Gasteiger partial charge in [0, 0.05) is 44.8 Å². The van der Waals surface area contributed by atoms with E-state index in [9.17, 15) is 9.59 Å². The van der Waals surface area contributed by atoms with Crippen LogP contribution in [0, 0.1) is 5.92 Å². The van der Waals surface area contributed by atoms with Crippen molar-refractivity contribution in [3.63, 3.8) is 0 Å². The highest BCUT2D eigenvalue weighted by molar-refractivity contribution is 7.22. The summed E-state index contributed by atoms with van der Waals surface area (Å²) < 4.78 is 11.8. The lowest BCUT2D eigenvalue weighted by atomic mass is 10.1. The van der Waals surface area contributed by atoms with E-state index >= 15 is 0 Å². The Hall–Kier alpha value is -3.01. The van der Waals surface area contributed by atoms with Crippen molar-refractivity contribution in [3.05, 3.63) is 48.5 Å². The van der Waals surface area contributed by atoms with Crippen molar-refractivity contribution >= 4 is 44.2 Å². The molecule has 34 heavy (non-hydrogen) atoms. The number of morpholine rings is 1. The molecule has 3 aromatic rings. The zero-order valence-electron chi connectivity index (χ0n) is 19.2. The maximum absolute atomic E-state index is 13.8. The summed E-state index contributed by atoms with van der Waals surface area (Å²) >= 11 is 1.48. The normalized spacial score (nSPS) is 19.0.